The van der Waals surface area contributed by atoms with E-state index >= 15 is 0 Å². The monoisotopic (exact) mass is 403 g/mol. The molecule has 154 valence electrons. The van der Waals surface area contributed by atoms with Crippen LogP contribution in [-0.2, 0) is 6.54 Å². The molecule has 0 unspecified atom stereocenters. The summed E-state index contributed by atoms with van der Waals surface area (Å²) in [5.41, 5.74) is 1.88. The van der Waals surface area contributed by atoms with Gasteiger partial charge in [0.2, 0.25) is 0 Å². The van der Waals surface area contributed by atoms with Gasteiger partial charge in [0, 0.05) is 56.1 Å². The van der Waals surface area contributed by atoms with Crippen LogP contribution >= 0.6 is 0 Å². The molecule has 8 heteroatoms. The molecule has 8 nitrogen and oxygen atoms in total. The third-order valence-corrected chi connectivity index (χ3v) is 6.02. The minimum atomic E-state index is -0.118. The van der Waals surface area contributed by atoms with Crippen molar-refractivity contribution in [3.05, 3.63) is 70.7 Å². The molecule has 3 aromatic rings. The molecule has 0 amide bonds. The van der Waals surface area contributed by atoms with Crippen LogP contribution in [0, 0.1) is 0 Å². The SMILES string of the molecule is O=c1ccc(N2CCN(c3cc(C4CCC4)ncn3)CC2)nn1Cc1ccccn1. The summed E-state index contributed by atoms with van der Waals surface area (Å²) in [4.78, 5) is 30.1. The van der Waals surface area contributed by atoms with E-state index in [1.54, 1.807) is 18.6 Å². The molecule has 0 spiro atoms. The molecule has 30 heavy (non-hydrogen) atoms. The van der Waals surface area contributed by atoms with E-state index in [-0.39, 0.29) is 5.56 Å². The maximum Gasteiger partial charge on any atom is 0.267 e. The molecule has 1 aliphatic heterocycles. The van der Waals surface area contributed by atoms with Gasteiger partial charge in [-0.3, -0.25) is 9.78 Å². The van der Waals surface area contributed by atoms with E-state index in [0.29, 0.717) is 12.5 Å². The third-order valence-electron chi connectivity index (χ3n) is 6.02. The minimum Gasteiger partial charge on any atom is -0.353 e. The van der Waals surface area contributed by atoms with Crippen molar-refractivity contribution in [2.24, 2.45) is 0 Å². The molecule has 2 aliphatic rings. The Bertz CT molecular complexity index is 1060. The second-order valence-electron chi connectivity index (χ2n) is 7.91. The molecule has 1 aliphatic carbocycles. The van der Waals surface area contributed by atoms with Crippen LogP contribution in [-0.4, -0.2) is 50.9 Å². The highest BCUT2D eigenvalue weighted by Crippen LogP contribution is 2.35. The molecule has 0 aromatic carbocycles. The predicted molar refractivity (Wildman–Crippen MR) is 115 cm³/mol. The van der Waals surface area contributed by atoms with Crippen LogP contribution < -0.4 is 15.4 Å². The molecule has 2 fully saturated rings. The normalized spacial score (nSPS) is 17.1. The van der Waals surface area contributed by atoms with Gasteiger partial charge >= 0.3 is 0 Å². The number of nitrogens with zero attached hydrogens (tertiary/aromatic N) is 7. The average Bonchev–Trinajstić information content (AvgIpc) is 2.75. The lowest BCUT2D eigenvalue weighted by molar-refractivity contribution is 0.410. The third kappa shape index (κ3) is 3.90. The smallest absolute Gasteiger partial charge is 0.267 e. The van der Waals surface area contributed by atoms with E-state index in [4.69, 9.17) is 0 Å². The van der Waals surface area contributed by atoms with E-state index in [9.17, 15) is 4.79 Å². The van der Waals surface area contributed by atoms with Crippen molar-refractivity contribution in [2.45, 2.75) is 31.7 Å². The molecule has 0 bridgehead atoms. The van der Waals surface area contributed by atoms with Crippen molar-refractivity contribution >= 4 is 11.6 Å². The standard InChI is InChI=1S/C22H25N7O/c30-22-8-7-20(26-29(22)15-18-6-1-2-9-23-18)27-10-12-28(13-11-27)21-14-19(24-16-25-21)17-4-3-5-17/h1-2,6-9,14,16-17H,3-5,10-13,15H2. The van der Waals surface area contributed by atoms with Crippen molar-refractivity contribution in [3.63, 3.8) is 0 Å². The van der Waals surface area contributed by atoms with Crippen molar-refractivity contribution in [1.82, 2.24) is 24.7 Å². The lowest BCUT2D eigenvalue weighted by Crippen LogP contribution is -2.47. The zero-order chi connectivity index (χ0) is 20.3. The Hall–Kier alpha value is -3.29. The second-order valence-corrected chi connectivity index (χ2v) is 7.91. The van der Waals surface area contributed by atoms with Gasteiger partial charge in [0.05, 0.1) is 12.2 Å². The zero-order valence-corrected chi connectivity index (χ0v) is 16.9. The summed E-state index contributed by atoms with van der Waals surface area (Å²) >= 11 is 0. The van der Waals surface area contributed by atoms with Gasteiger partial charge in [-0.05, 0) is 31.0 Å². The highest BCUT2D eigenvalue weighted by Gasteiger charge is 2.24. The van der Waals surface area contributed by atoms with Crippen LogP contribution in [0.3, 0.4) is 0 Å². The van der Waals surface area contributed by atoms with Crippen LogP contribution in [0.15, 0.2) is 53.7 Å². The molecule has 1 saturated heterocycles. The average molecular weight is 403 g/mol. The summed E-state index contributed by atoms with van der Waals surface area (Å²) < 4.78 is 1.49. The number of hydrogen-bond donors (Lipinski definition) is 0. The number of aromatic nitrogens is 5. The highest BCUT2D eigenvalue weighted by atomic mass is 16.1. The molecule has 1 saturated carbocycles. The number of anilines is 2. The maximum atomic E-state index is 12.2. The summed E-state index contributed by atoms with van der Waals surface area (Å²) in [6, 6.07) is 11.2. The lowest BCUT2D eigenvalue weighted by Gasteiger charge is -2.36. The largest absolute Gasteiger partial charge is 0.353 e. The predicted octanol–water partition coefficient (Wildman–Crippen LogP) is 2.07. The van der Waals surface area contributed by atoms with Crippen molar-refractivity contribution in [3.8, 4) is 0 Å². The van der Waals surface area contributed by atoms with Crippen molar-refractivity contribution in [2.75, 3.05) is 36.0 Å². The number of pyridine rings is 1. The van der Waals surface area contributed by atoms with Crippen molar-refractivity contribution < 1.29 is 0 Å². The van der Waals surface area contributed by atoms with Gasteiger partial charge in [0.1, 0.15) is 18.0 Å². The van der Waals surface area contributed by atoms with E-state index in [0.717, 1.165) is 43.5 Å². The van der Waals surface area contributed by atoms with Crippen LogP contribution in [0.25, 0.3) is 0 Å². The first kappa shape index (κ1) is 18.7. The van der Waals surface area contributed by atoms with Gasteiger partial charge < -0.3 is 9.80 Å². The number of piperazine rings is 1. The quantitative estimate of drug-likeness (QED) is 0.645. The molecule has 0 atom stereocenters. The van der Waals surface area contributed by atoms with E-state index in [1.807, 2.05) is 24.3 Å². The first-order valence-corrected chi connectivity index (χ1v) is 10.6. The highest BCUT2D eigenvalue weighted by molar-refractivity contribution is 5.45. The molecule has 0 N–H and O–H groups in total. The van der Waals surface area contributed by atoms with Gasteiger partial charge in [-0.25, -0.2) is 14.6 Å². The minimum absolute atomic E-state index is 0.118. The van der Waals surface area contributed by atoms with Crippen LogP contribution in [0.5, 0.6) is 0 Å². The Labute approximate surface area is 175 Å². The fourth-order valence-electron chi connectivity index (χ4n) is 3.99. The molecule has 4 heterocycles. The molecular formula is C22H25N7O. The van der Waals surface area contributed by atoms with Gasteiger partial charge in [-0.1, -0.05) is 12.5 Å². The molecule has 5 rings (SSSR count). The summed E-state index contributed by atoms with van der Waals surface area (Å²) in [5, 5.41) is 4.59. The van der Waals surface area contributed by atoms with Crippen LogP contribution in [0.2, 0.25) is 0 Å². The summed E-state index contributed by atoms with van der Waals surface area (Å²) in [6.45, 7) is 3.76. The van der Waals surface area contributed by atoms with Crippen LogP contribution in [0.1, 0.15) is 36.6 Å². The molecule has 3 aromatic heterocycles. The Morgan fingerprint density at radius 3 is 2.40 bits per heavy atom. The summed E-state index contributed by atoms with van der Waals surface area (Å²) in [7, 11) is 0. The zero-order valence-electron chi connectivity index (χ0n) is 16.9. The van der Waals surface area contributed by atoms with E-state index < -0.39 is 0 Å². The fraction of sp³-hybridized carbons (Fsp3) is 0.409. The Morgan fingerprint density at radius 2 is 1.70 bits per heavy atom. The Balaban J connectivity index is 1.26. The maximum absolute atomic E-state index is 12.2. The second kappa shape index (κ2) is 8.22. The van der Waals surface area contributed by atoms with Gasteiger partial charge in [-0.2, -0.15) is 5.10 Å². The first-order chi connectivity index (χ1) is 14.8. The van der Waals surface area contributed by atoms with Crippen LogP contribution in [0.4, 0.5) is 11.6 Å². The topological polar surface area (TPSA) is 80.0 Å². The van der Waals surface area contributed by atoms with Gasteiger partial charge in [-0.15, -0.1) is 0 Å². The molecular weight excluding hydrogens is 378 g/mol. The Morgan fingerprint density at radius 1 is 0.900 bits per heavy atom. The lowest BCUT2D eigenvalue weighted by atomic mass is 9.83. The van der Waals surface area contributed by atoms with E-state index in [2.05, 4.69) is 35.9 Å². The number of rotatable bonds is 5. The van der Waals surface area contributed by atoms with E-state index in [1.165, 1.54) is 29.6 Å². The number of hydrogen-bond acceptors (Lipinski definition) is 7. The van der Waals surface area contributed by atoms with Crippen molar-refractivity contribution in [1.29, 1.82) is 0 Å². The first-order valence-electron chi connectivity index (χ1n) is 10.6. The van der Waals surface area contributed by atoms with Gasteiger partial charge in [0.25, 0.3) is 5.56 Å². The fourth-order valence-corrected chi connectivity index (χ4v) is 3.99. The molecule has 0 radical (unpaired) electrons. The van der Waals surface area contributed by atoms with Gasteiger partial charge in [0.15, 0.2) is 0 Å². The Kier molecular flexibility index (Phi) is 5.13. The summed E-state index contributed by atoms with van der Waals surface area (Å²) in [5.74, 6) is 2.44. The summed E-state index contributed by atoms with van der Waals surface area (Å²) in [6.07, 6.45) is 7.21.